The number of aryl methyl sites for hydroxylation is 3. The number of pyridine rings is 1. The largest absolute Gasteiger partial charge is 0.292 e. The van der Waals surface area contributed by atoms with E-state index in [0.29, 0.717) is 21.6 Å². The number of fused-ring (bicyclic) bond motifs is 3. The number of benzene rings is 1. The van der Waals surface area contributed by atoms with Gasteiger partial charge in [-0.2, -0.15) is 9.78 Å². The van der Waals surface area contributed by atoms with E-state index < -0.39 is 4.92 Å². The second kappa shape index (κ2) is 6.61. The van der Waals surface area contributed by atoms with Gasteiger partial charge in [0, 0.05) is 23.2 Å². The van der Waals surface area contributed by atoms with Crippen LogP contribution in [0.4, 0.5) is 5.69 Å². The zero-order chi connectivity index (χ0) is 20.0. The van der Waals surface area contributed by atoms with Crippen LogP contribution in [-0.4, -0.2) is 25.8 Å². The molecule has 0 fully saturated rings. The molecule has 0 spiro atoms. The Morgan fingerprint density at radius 2 is 1.89 bits per heavy atom. The summed E-state index contributed by atoms with van der Waals surface area (Å²) in [7, 11) is 0. The molecule has 4 rings (SSSR count). The molecule has 0 saturated carbocycles. The molecule has 0 radical (unpaired) electrons. The maximum absolute atomic E-state index is 13.0. The average molecular weight is 393 g/mol. The van der Waals surface area contributed by atoms with Crippen LogP contribution in [0.2, 0.25) is 0 Å². The van der Waals surface area contributed by atoms with E-state index >= 15 is 0 Å². The lowest BCUT2D eigenvalue weighted by Crippen LogP contribution is -2.19. The highest BCUT2D eigenvalue weighted by molar-refractivity contribution is 7.25. The number of non-ortho nitro benzene ring substituents is 1. The Labute approximate surface area is 163 Å². The monoisotopic (exact) mass is 393 g/mol. The summed E-state index contributed by atoms with van der Waals surface area (Å²) in [6.45, 7) is 5.62. The summed E-state index contributed by atoms with van der Waals surface area (Å²) in [6.07, 6.45) is 1.48. The third kappa shape index (κ3) is 2.95. The highest BCUT2D eigenvalue weighted by Crippen LogP contribution is 2.32. The smallest absolute Gasteiger partial charge is 0.266 e. The molecule has 140 valence electrons. The molecular weight excluding hydrogens is 378 g/mol. The van der Waals surface area contributed by atoms with Gasteiger partial charge in [0.25, 0.3) is 11.2 Å². The van der Waals surface area contributed by atoms with Crippen LogP contribution in [0, 0.1) is 30.9 Å². The van der Waals surface area contributed by atoms with Crippen molar-refractivity contribution >= 4 is 43.7 Å². The lowest BCUT2D eigenvalue weighted by atomic mass is 10.1. The Hall–Kier alpha value is -3.46. The number of nitro groups is 1. The molecule has 4 aromatic rings. The van der Waals surface area contributed by atoms with Crippen molar-refractivity contribution in [2.45, 2.75) is 20.8 Å². The number of hydrogen-bond acceptors (Lipinski definition) is 7. The molecule has 0 aliphatic rings. The molecule has 0 aliphatic heterocycles. The third-order valence-electron chi connectivity index (χ3n) is 4.36. The molecule has 3 heterocycles. The van der Waals surface area contributed by atoms with Gasteiger partial charge in [-0.15, -0.1) is 11.3 Å². The Bertz CT molecular complexity index is 1340. The van der Waals surface area contributed by atoms with E-state index in [1.54, 1.807) is 19.1 Å². The molecule has 0 amide bonds. The summed E-state index contributed by atoms with van der Waals surface area (Å²) in [5, 5.41) is 15.9. The van der Waals surface area contributed by atoms with E-state index in [9.17, 15) is 14.9 Å². The van der Waals surface area contributed by atoms with E-state index in [4.69, 9.17) is 0 Å². The van der Waals surface area contributed by atoms with Gasteiger partial charge in [0.15, 0.2) is 0 Å². The average Bonchev–Trinajstić information content (AvgIpc) is 3.00. The number of aromatic nitrogens is 3. The number of hydrogen-bond donors (Lipinski definition) is 0. The van der Waals surface area contributed by atoms with Gasteiger partial charge in [-0.1, -0.05) is 0 Å². The van der Waals surface area contributed by atoms with E-state index in [1.807, 2.05) is 19.9 Å². The van der Waals surface area contributed by atoms with Gasteiger partial charge in [-0.05, 0) is 50.1 Å². The first-order valence-corrected chi connectivity index (χ1v) is 9.25. The van der Waals surface area contributed by atoms with E-state index in [-0.39, 0.29) is 11.2 Å². The maximum atomic E-state index is 13.0. The van der Waals surface area contributed by atoms with Crippen molar-refractivity contribution in [1.82, 2.24) is 14.6 Å². The Kier molecular flexibility index (Phi) is 4.23. The first-order chi connectivity index (χ1) is 13.3. The van der Waals surface area contributed by atoms with Gasteiger partial charge < -0.3 is 0 Å². The van der Waals surface area contributed by atoms with Crippen molar-refractivity contribution < 1.29 is 4.92 Å². The van der Waals surface area contributed by atoms with Gasteiger partial charge in [-0.3, -0.25) is 14.9 Å². The van der Waals surface area contributed by atoms with Gasteiger partial charge in [-0.25, -0.2) is 9.97 Å². The number of rotatable bonds is 3. The highest BCUT2D eigenvalue weighted by Gasteiger charge is 2.16. The number of nitrogens with zero attached hydrogens (tertiary/aromatic N) is 5. The van der Waals surface area contributed by atoms with Crippen LogP contribution in [0.1, 0.15) is 22.6 Å². The fourth-order valence-corrected chi connectivity index (χ4v) is 4.23. The molecule has 1 aromatic carbocycles. The first kappa shape index (κ1) is 17.9. The standard InChI is InChI=1S/C19H15N5O3S/c1-10-8-11(2)21-18-15(10)16-17(28-18)19(25)23(12(3)22-16)20-9-13-4-6-14(7-5-13)24(26)27/h4-9H,1-3H3/b20-9+. The van der Waals surface area contributed by atoms with E-state index in [0.717, 1.165) is 21.5 Å². The quantitative estimate of drug-likeness (QED) is 0.300. The normalized spacial score (nSPS) is 11.7. The number of nitro benzene ring substituents is 1. The predicted molar refractivity (Wildman–Crippen MR) is 109 cm³/mol. The van der Waals surface area contributed by atoms with Crippen molar-refractivity contribution in [2.24, 2.45) is 5.10 Å². The van der Waals surface area contributed by atoms with Crippen molar-refractivity contribution in [1.29, 1.82) is 0 Å². The molecule has 0 bridgehead atoms. The summed E-state index contributed by atoms with van der Waals surface area (Å²) in [5.41, 5.74) is 2.95. The Balaban J connectivity index is 1.83. The highest BCUT2D eigenvalue weighted by atomic mass is 32.1. The van der Waals surface area contributed by atoms with Crippen LogP contribution >= 0.6 is 11.3 Å². The van der Waals surface area contributed by atoms with Crippen molar-refractivity contribution in [2.75, 3.05) is 0 Å². The number of thiophene rings is 1. The zero-order valence-electron chi connectivity index (χ0n) is 15.3. The topological polar surface area (TPSA) is 103 Å². The predicted octanol–water partition coefficient (Wildman–Crippen LogP) is 3.72. The molecule has 0 N–H and O–H groups in total. The van der Waals surface area contributed by atoms with Gasteiger partial charge >= 0.3 is 0 Å². The van der Waals surface area contributed by atoms with Gasteiger partial charge in [0.1, 0.15) is 15.4 Å². The summed E-state index contributed by atoms with van der Waals surface area (Å²) in [6, 6.07) is 7.90. The first-order valence-electron chi connectivity index (χ1n) is 8.44. The van der Waals surface area contributed by atoms with Crippen LogP contribution in [-0.2, 0) is 0 Å². The second-order valence-electron chi connectivity index (χ2n) is 6.41. The summed E-state index contributed by atoms with van der Waals surface area (Å²) in [4.78, 5) is 33.2. The van der Waals surface area contributed by atoms with E-state index in [1.165, 1.54) is 34.4 Å². The summed E-state index contributed by atoms with van der Waals surface area (Å²) < 4.78 is 1.74. The lowest BCUT2D eigenvalue weighted by molar-refractivity contribution is -0.384. The zero-order valence-corrected chi connectivity index (χ0v) is 16.1. The van der Waals surface area contributed by atoms with Crippen LogP contribution in [0.3, 0.4) is 0 Å². The van der Waals surface area contributed by atoms with E-state index in [2.05, 4.69) is 15.1 Å². The fourth-order valence-electron chi connectivity index (χ4n) is 3.07. The minimum absolute atomic E-state index is 0.00276. The minimum Gasteiger partial charge on any atom is -0.266 e. The van der Waals surface area contributed by atoms with Crippen LogP contribution in [0.25, 0.3) is 20.4 Å². The van der Waals surface area contributed by atoms with Crippen molar-refractivity contribution in [3.63, 3.8) is 0 Å². The molecule has 28 heavy (non-hydrogen) atoms. The summed E-state index contributed by atoms with van der Waals surface area (Å²) >= 11 is 1.31. The summed E-state index contributed by atoms with van der Waals surface area (Å²) in [5.74, 6) is 0.454. The molecule has 9 heteroatoms. The Morgan fingerprint density at radius 1 is 1.18 bits per heavy atom. The molecule has 3 aromatic heterocycles. The molecule has 0 unspecified atom stereocenters. The van der Waals surface area contributed by atoms with Crippen LogP contribution in [0.15, 0.2) is 40.2 Å². The molecule has 0 aliphatic carbocycles. The van der Waals surface area contributed by atoms with Crippen molar-refractivity contribution in [3.05, 3.63) is 73.4 Å². The third-order valence-corrected chi connectivity index (χ3v) is 5.42. The van der Waals surface area contributed by atoms with Crippen LogP contribution < -0.4 is 5.56 Å². The molecule has 0 saturated heterocycles. The van der Waals surface area contributed by atoms with Gasteiger partial charge in [0.2, 0.25) is 0 Å². The van der Waals surface area contributed by atoms with Gasteiger partial charge in [0.05, 0.1) is 16.7 Å². The molecule has 8 nitrogen and oxygen atoms in total. The molecule has 0 atom stereocenters. The second-order valence-corrected chi connectivity index (χ2v) is 7.41. The Morgan fingerprint density at radius 3 is 2.57 bits per heavy atom. The lowest BCUT2D eigenvalue weighted by Gasteiger charge is -2.03. The maximum Gasteiger partial charge on any atom is 0.292 e. The van der Waals surface area contributed by atoms with Crippen LogP contribution in [0.5, 0.6) is 0 Å². The minimum atomic E-state index is -0.466. The SMILES string of the molecule is Cc1cc(C)c2c(n1)sc1c(=O)n(/N=C/c3ccc([N+](=O)[O-])cc3)c(C)nc12. The molecular formula is C19H15N5O3S. The fraction of sp³-hybridized carbons (Fsp3) is 0.158. The van der Waals surface area contributed by atoms with Crippen molar-refractivity contribution in [3.8, 4) is 0 Å².